The molecule has 2 aromatic rings. The lowest BCUT2D eigenvalue weighted by molar-refractivity contribution is 0.302. The van der Waals surface area contributed by atoms with Crippen LogP contribution in [0.2, 0.25) is 0 Å². The zero-order valence-electron chi connectivity index (χ0n) is 17.1. The summed E-state index contributed by atoms with van der Waals surface area (Å²) in [6, 6.07) is 10.6. The molecule has 0 unspecified atom stereocenters. The molecule has 3 heteroatoms. The molecule has 0 aliphatic heterocycles. The molecule has 2 aromatic carbocycles. The van der Waals surface area contributed by atoms with E-state index in [1.54, 1.807) is 0 Å². The first-order valence-corrected chi connectivity index (χ1v) is 11.7. The first-order valence-electron chi connectivity index (χ1n) is 10.6. The number of halogens is 1. The maximum absolute atomic E-state index is 6.05. The van der Waals surface area contributed by atoms with E-state index in [0.29, 0.717) is 0 Å². The van der Waals surface area contributed by atoms with Crippen molar-refractivity contribution in [2.75, 3.05) is 18.5 Å². The average Bonchev–Trinajstić information content (AvgIpc) is 2.68. The second-order valence-electron chi connectivity index (χ2n) is 7.29. The van der Waals surface area contributed by atoms with Gasteiger partial charge in [-0.1, -0.05) is 67.1 Å². The standard InChI is InChI=1S/C24H35BrO2/c1-3-4-5-6-7-10-18-27-24-15-12-21-19-22(13-14-23(21)20(24)2)26-17-11-8-9-16-25/h12-15,19H,3-11,16-18H2,1-2H3. The lowest BCUT2D eigenvalue weighted by Gasteiger charge is -2.13. The van der Waals surface area contributed by atoms with Crippen LogP contribution in [0, 0.1) is 6.92 Å². The van der Waals surface area contributed by atoms with Crippen LogP contribution in [0.5, 0.6) is 11.5 Å². The van der Waals surface area contributed by atoms with E-state index in [1.807, 2.05) is 0 Å². The third-order valence-electron chi connectivity index (χ3n) is 5.01. The number of aryl methyl sites for hydroxylation is 1. The molecule has 0 radical (unpaired) electrons. The molecule has 0 aromatic heterocycles. The van der Waals surface area contributed by atoms with Crippen LogP contribution in [0.3, 0.4) is 0 Å². The molecular formula is C24H35BrO2. The molecule has 0 spiro atoms. The van der Waals surface area contributed by atoms with Crippen LogP contribution in [-0.2, 0) is 0 Å². The van der Waals surface area contributed by atoms with Crippen molar-refractivity contribution in [3.8, 4) is 11.5 Å². The lowest BCUT2D eigenvalue weighted by atomic mass is 10.0. The molecule has 0 fully saturated rings. The minimum absolute atomic E-state index is 0.789. The second-order valence-corrected chi connectivity index (χ2v) is 8.08. The Labute approximate surface area is 173 Å². The van der Waals surface area contributed by atoms with Gasteiger partial charge in [-0.3, -0.25) is 0 Å². The predicted molar refractivity (Wildman–Crippen MR) is 121 cm³/mol. The van der Waals surface area contributed by atoms with Gasteiger partial charge in [0.15, 0.2) is 0 Å². The van der Waals surface area contributed by atoms with Crippen molar-refractivity contribution >= 4 is 26.7 Å². The van der Waals surface area contributed by atoms with Gasteiger partial charge in [0.25, 0.3) is 0 Å². The van der Waals surface area contributed by atoms with Crippen molar-refractivity contribution in [2.45, 2.75) is 71.6 Å². The summed E-state index contributed by atoms with van der Waals surface area (Å²) in [4.78, 5) is 0. The molecule has 150 valence electrons. The third kappa shape index (κ3) is 7.73. The third-order valence-corrected chi connectivity index (χ3v) is 5.57. The van der Waals surface area contributed by atoms with Gasteiger partial charge >= 0.3 is 0 Å². The summed E-state index contributed by atoms with van der Waals surface area (Å²) in [6.07, 6.45) is 11.3. The fraction of sp³-hybridized carbons (Fsp3) is 0.583. The summed E-state index contributed by atoms with van der Waals surface area (Å²) in [5.74, 6) is 1.97. The molecular weight excluding hydrogens is 400 g/mol. The van der Waals surface area contributed by atoms with Gasteiger partial charge < -0.3 is 9.47 Å². The highest BCUT2D eigenvalue weighted by Crippen LogP contribution is 2.30. The van der Waals surface area contributed by atoms with Gasteiger partial charge in [-0.2, -0.15) is 0 Å². The number of rotatable bonds is 14. The van der Waals surface area contributed by atoms with Crippen molar-refractivity contribution in [2.24, 2.45) is 0 Å². The largest absolute Gasteiger partial charge is 0.494 e. The van der Waals surface area contributed by atoms with Gasteiger partial charge in [0, 0.05) is 5.33 Å². The Hall–Kier alpha value is -1.22. The number of benzene rings is 2. The van der Waals surface area contributed by atoms with E-state index in [0.717, 1.165) is 42.9 Å². The SMILES string of the molecule is CCCCCCCCOc1ccc2cc(OCCCCCBr)ccc2c1C. The summed E-state index contributed by atoms with van der Waals surface area (Å²) in [5, 5.41) is 3.55. The molecule has 0 aliphatic carbocycles. The maximum atomic E-state index is 6.05. The number of unbranched alkanes of at least 4 members (excludes halogenated alkanes) is 7. The van der Waals surface area contributed by atoms with Gasteiger partial charge in [0.2, 0.25) is 0 Å². The summed E-state index contributed by atoms with van der Waals surface area (Å²) in [7, 11) is 0. The van der Waals surface area contributed by atoms with E-state index in [1.165, 1.54) is 61.3 Å². The van der Waals surface area contributed by atoms with Crippen molar-refractivity contribution in [1.29, 1.82) is 0 Å². The summed E-state index contributed by atoms with van der Waals surface area (Å²) in [5.41, 5.74) is 1.22. The molecule has 27 heavy (non-hydrogen) atoms. The number of hydrogen-bond donors (Lipinski definition) is 0. The van der Waals surface area contributed by atoms with Crippen LogP contribution >= 0.6 is 15.9 Å². The Morgan fingerprint density at radius 2 is 1.48 bits per heavy atom. The maximum Gasteiger partial charge on any atom is 0.122 e. The number of ether oxygens (including phenoxy) is 2. The summed E-state index contributed by atoms with van der Waals surface area (Å²) < 4.78 is 12.0. The fourth-order valence-electron chi connectivity index (χ4n) is 3.32. The summed E-state index contributed by atoms with van der Waals surface area (Å²) in [6.45, 7) is 6.01. The molecule has 0 atom stereocenters. The molecule has 2 nitrogen and oxygen atoms in total. The van der Waals surface area contributed by atoms with Crippen LogP contribution < -0.4 is 9.47 Å². The van der Waals surface area contributed by atoms with Gasteiger partial charge in [0.05, 0.1) is 13.2 Å². The van der Waals surface area contributed by atoms with Gasteiger partial charge in [0.1, 0.15) is 11.5 Å². The molecule has 2 rings (SSSR count). The fourth-order valence-corrected chi connectivity index (χ4v) is 3.71. The lowest BCUT2D eigenvalue weighted by Crippen LogP contribution is -2.00. The zero-order valence-corrected chi connectivity index (χ0v) is 18.7. The highest BCUT2D eigenvalue weighted by atomic mass is 79.9. The van der Waals surface area contributed by atoms with E-state index in [9.17, 15) is 0 Å². The number of alkyl halides is 1. The van der Waals surface area contributed by atoms with Crippen LogP contribution in [-0.4, -0.2) is 18.5 Å². The smallest absolute Gasteiger partial charge is 0.122 e. The van der Waals surface area contributed by atoms with E-state index >= 15 is 0 Å². The minimum Gasteiger partial charge on any atom is -0.494 e. The Balaban J connectivity index is 1.84. The van der Waals surface area contributed by atoms with Crippen LogP contribution in [0.15, 0.2) is 30.3 Å². The van der Waals surface area contributed by atoms with Gasteiger partial charge in [-0.15, -0.1) is 0 Å². The normalized spacial score (nSPS) is 11.1. The van der Waals surface area contributed by atoms with E-state index in [-0.39, 0.29) is 0 Å². The van der Waals surface area contributed by atoms with Crippen LogP contribution in [0.1, 0.15) is 70.3 Å². The molecule has 0 amide bonds. The second kappa shape index (κ2) is 13.0. The van der Waals surface area contributed by atoms with Crippen LogP contribution in [0.25, 0.3) is 10.8 Å². The minimum atomic E-state index is 0.789. The molecule has 0 bridgehead atoms. The molecule has 0 heterocycles. The van der Waals surface area contributed by atoms with Crippen LogP contribution in [0.4, 0.5) is 0 Å². The van der Waals surface area contributed by atoms with Crippen molar-refractivity contribution in [3.05, 3.63) is 35.9 Å². The van der Waals surface area contributed by atoms with Gasteiger partial charge in [-0.05, 0) is 67.1 Å². The topological polar surface area (TPSA) is 18.5 Å². The van der Waals surface area contributed by atoms with Crippen molar-refractivity contribution < 1.29 is 9.47 Å². The Morgan fingerprint density at radius 3 is 2.26 bits per heavy atom. The van der Waals surface area contributed by atoms with E-state index < -0.39 is 0 Å². The summed E-state index contributed by atoms with van der Waals surface area (Å²) >= 11 is 3.47. The molecule has 0 aliphatic rings. The molecule has 0 saturated heterocycles. The highest BCUT2D eigenvalue weighted by Gasteiger charge is 2.06. The van der Waals surface area contributed by atoms with E-state index in [2.05, 4.69) is 60.1 Å². The molecule has 0 N–H and O–H groups in total. The average molecular weight is 435 g/mol. The molecule has 0 saturated carbocycles. The Kier molecular flexibility index (Phi) is 10.7. The Morgan fingerprint density at radius 1 is 0.778 bits per heavy atom. The van der Waals surface area contributed by atoms with Crippen molar-refractivity contribution in [1.82, 2.24) is 0 Å². The van der Waals surface area contributed by atoms with E-state index in [4.69, 9.17) is 9.47 Å². The Bertz CT molecular complexity index is 669. The number of hydrogen-bond acceptors (Lipinski definition) is 2. The quantitative estimate of drug-likeness (QED) is 0.222. The first-order chi connectivity index (χ1) is 13.3. The highest BCUT2D eigenvalue weighted by molar-refractivity contribution is 9.09. The zero-order chi connectivity index (χ0) is 19.3. The number of fused-ring (bicyclic) bond motifs is 1. The van der Waals surface area contributed by atoms with Gasteiger partial charge in [-0.25, -0.2) is 0 Å². The predicted octanol–water partition coefficient (Wildman–Crippen LogP) is 7.83. The first kappa shape index (κ1) is 22.1. The van der Waals surface area contributed by atoms with Crippen molar-refractivity contribution in [3.63, 3.8) is 0 Å². The monoisotopic (exact) mass is 434 g/mol.